The summed E-state index contributed by atoms with van der Waals surface area (Å²) in [5.74, 6) is -4.50. The fourth-order valence-corrected chi connectivity index (χ4v) is 3.74. The maximum absolute atomic E-state index is 12.7. The number of alkyl halides is 6. The number of imidazole rings is 1. The maximum atomic E-state index is 12.7. The number of carboxylic acids is 2. The van der Waals surface area contributed by atoms with Gasteiger partial charge in [0.05, 0.1) is 25.5 Å². The molecule has 3 aliphatic rings. The minimum Gasteiger partial charge on any atom is -0.475 e. The van der Waals surface area contributed by atoms with Crippen molar-refractivity contribution in [2.75, 3.05) is 66.1 Å². The number of ether oxygens (including phenoxy) is 1. The van der Waals surface area contributed by atoms with Crippen molar-refractivity contribution in [3.63, 3.8) is 0 Å². The Kier molecular flexibility index (Phi) is 11.3. The second-order valence-electron chi connectivity index (χ2n) is 8.83. The number of aromatic nitrogens is 2. The summed E-state index contributed by atoms with van der Waals surface area (Å²) in [6, 6.07) is 0.123. The van der Waals surface area contributed by atoms with Gasteiger partial charge in [0.2, 0.25) is 0 Å². The van der Waals surface area contributed by atoms with Crippen LogP contribution in [-0.2, 0) is 34.0 Å². The lowest BCUT2D eigenvalue weighted by Gasteiger charge is -2.34. The number of nitrogens with zero attached hydrogens (tertiary/aromatic N) is 6. The summed E-state index contributed by atoms with van der Waals surface area (Å²) >= 11 is 0. The van der Waals surface area contributed by atoms with Gasteiger partial charge in [-0.05, 0) is 7.05 Å². The molecule has 2 amide bonds. The highest BCUT2D eigenvalue weighted by molar-refractivity contribution is 5.74. The number of aliphatic carboxylic acids is 2. The number of carboxylic acid groups (broad SMARTS) is 2. The summed E-state index contributed by atoms with van der Waals surface area (Å²) < 4.78 is 71.0. The maximum Gasteiger partial charge on any atom is 0.490 e. The van der Waals surface area contributed by atoms with Crippen LogP contribution in [0.15, 0.2) is 6.20 Å². The van der Waals surface area contributed by atoms with Gasteiger partial charge in [-0.2, -0.15) is 26.3 Å². The Balaban J connectivity index is 0.000000317. The second kappa shape index (κ2) is 13.8. The fraction of sp³-hybridized carbons (Fsp3) is 0.714. The molecule has 4 rings (SSSR count). The van der Waals surface area contributed by atoms with Gasteiger partial charge in [-0.25, -0.2) is 19.4 Å². The quantitative estimate of drug-likeness (QED) is 0.498. The van der Waals surface area contributed by atoms with E-state index in [0.717, 1.165) is 57.3 Å². The summed E-state index contributed by atoms with van der Waals surface area (Å²) in [4.78, 5) is 43.9. The van der Waals surface area contributed by atoms with Crippen LogP contribution in [0.2, 0.25) is 0 Å². The molecule has 4 heterocycles. The molecule has 0 unspecified atom stereocenters. The van der Waals surface area contributed by atoms with Gasteiger partial charge in [-0.15, -0.1) is 0 Å². The molecule has 0 atom stereocenters. The highest BCUT2D eigenvalue weighted by Gasteiger charge is 2.39. The van der Waals surface area contributed by atoms with Crippen molar-refractivity contribution < 1.29 is 55.7 Å². The Morgan fingerprint density at radius 1 is 0.846 bits per heavy atom. The van der Waals surface area contributed by atoms with Gasteiger partial charge in [-0.1, -0.05) is 0 Å². The molecule has 2 fully saturated rings. The number of carbonyl (C=O) groups excluding carboxylic acids is 1. The summed E-state index contributed by atoms with van der Waals surface area (Å²) in [7, 11) is 2.17. The van der Waals surface area contributed by atoms with Crippen molar-refractivity contribution in [1.82, 2.24) is 29.2 Å². The third-order valence-electron chi connectivity index (χ3n) is 5.87. The molecule has 3 aliphatic heterocycles. The lowest BCUT2D eigenvalue weighted by Crippen LogP contribution is -2.50. The highest BCUT2D eigenvalue weighted by Crippen LogP contribution is 2.17. The number of rotatable bonds is 2. The molecular weight excluding hydrogens is 546 g/mol. The van der Waals surface area contributed by atoms with Crippen LogP contribution in [-0.4, -0.2) is 136 Å². The van der Waals surface area contributed by atoms with Crippen LogP contribution in [0.4, 0.5) is 31.1 Å². The number of amides is 2. The Hall–Kier alpha value is -3.12. The van der Waals surface area contributed by atoms with E-state index in [4.69, 9.17) is 29.5 Å². The van der Waals surface area contributed by atoms with Crippen LogP contribution < -0.4 is 0 Å². The van der Waals surface area contributed by atoms with Crippen molar-refractivity contribution >= 4 is 18.0 Å². The van der Waals surface area contributed by atoms with E-state index < -0.39 is 24.3 Å². The number of carbonyl (C=O) groups is 3. The molecule has 39 heavy (non-hydrogen) atoms. The Bertz CT molecular complexity index is 950. The second-order valence-corrected chi connectivity index (χ2v) is 8.83. The molecule has 2 saturated heterocycles. The predicted molar refractivity (Wildman–Crippen MR) is 121 cm³/mol. The average Bonchev–Trinajstić information content (AvgIpc) is 3.26. The van der Waals surface area contributed by atoms with Gasteiger partial charge >= 0.3 is 30.3 Å². The predicted octanol–water partition coefficient (Wildman–Crippen LogP) is 1.16. The van der Waals surface area contributed by atoms with Crippen molar-refractivity contribution in [2.45, 2.75) is 32.0 Å². The van der Waals surface area contributed by atoms with Crippen LogP contribution >= 0.6 is 0 Å². The topological polar surface area (TPSA) is 132 Å². The summed E-state index contributed by atoms with van der Waals surface area (Å²) in [6.07, 6.45) is -8.00. The Morgan fingerprint density at radius 3 is 1.85 bits per heavy atom. The lowest BCUT2D eigenvalue weighted by molar-refractivity contribution is -0.193. The third kappa shape index (κ3) is 10.5. The normalized spacial score (nSPS) is 18.7. The van der Waals surface area contributed by atoms with E-state index in [2.05, 4.69) is 27.6 Å². The summed E-state index contributed by atoms with van der Waals surface area (Å²) in [6.45, 7) is 10.2. The average molecular weight is 576 g/mol. The molecule has 2 N–H and O–H groups in total. The molecule has 0 aliphatic carbocycles. The molecule has 0 saturated carbocycles. The van der Waals surface area contributed by atoms with Crippen LogP contribution in [0.1, 0.15) is 11.5 Å². The van der Waals surface area contributed by atoms with Crippen molar-refractivity contribution in [2.24, 2.45) is 0 Å². The molecule has 1 aromatic rings. The van der Waals surface area contributed by atoms with Gasteiger partial charge in [0, 0.05) is 65.1 Å². The minimum absolute atomic E-state index is 0.123. The van der Waals surface area contributed by atoms with E-state index in [-0.39, 0.29) is 6.03 Å². The molecule has 0 radical (unpaired) electrons. The van der Waals surface area contributed by atoms with Crippen LogP contribution in [0.5, 0.6) is 0 Å². The first kappa shape index (κ1) is 32.1. The zero-order chi connectivity index (χ0) is 29.4. The number of hydrogen-bond acceptors (Lipinski definition) is 7. The summed E-state index contributed by atoms with van der Waals surface area (Å²) in [5, 5.41) is 14.2. The number of morpholine rings is 1. The first-order chi connectivity index (χ1) is 18.1. The van der Waals surface area contributed by atoms with Crippen LogP contribution in [0, 0.1) is 0 Å². The van der Waals surface area contributed by atoms with Gasteiger partial charge in [0.1, 0.15) is 5.82 Å². The van der Waals surface area contributed by atoms with E-state index in [0.29, 0.717) is 32.8 Å². The minimum atomic E-state index is -5.08. The van der Waals surface area contributed by atoms with Crippen molar-refractivity contribution in [3.8, 4) is 0 Å². The van der Waals surface area contributed by atoms with E-state index >= 15 is 0 Å². The van der Waals surface area contributed by atoms with E-state index in [1.54, 1.807) is 0 Å². The SMILES string of the molecule is CN1CCN(Cc2cn3c(n2)CN(C(=O)N2CCOCC2)CC3)CC1.O=C(O)C(F)(F)F.O=C(O)C(F)(F)F. The zero-order valence-electron chi connectivity index (χ0n) is 21.0. The highest BCUT2D eigenvalue weighted by atomic mass is 19.4. The van der Waals surface area contributed by atoms with E-state index in [9.17, 15) is 31.1 Å². The monoisotopic (exact) mass is 576 g/mol. The van der Waals surface area contributed by atoms with Gasteiger partial charge in [0.25, 0.3) is 0 Å². The van der Waals surface area contributed by atoms with Gasteiger partial charge in [0.15, 0.2) is 0 Å². The van der Waals surface area contributed by atoms with Crippen molar-refractivity contribution in [3.05, 3.63) is 17.7 Å². The fourth-order valence-electron chi connectivity index (χ4n) is 3.74. The molecule has 0 bridgehead atoms. The Labute approximate surface area is 219 Å². The molecule has 1 aromatic heterocycles. The lowest BCUT2D eigenvalue weighted by atomic mass is 10.3. The van der Waals surface area contributed by atoms with Crippen molar-refractivity contribution in [1.29, 1.82) is 0 Å². The number of fused-ring (bicyclic) bond motifs is 1. The first-order valence-electron chi connectivity index (χ1n) is 11.8. The standard InChI is InChI=1S/C17H28N6O2.2C2HF3O2/c1-19-2-4-20(5-3-19)12-15-13-22-6-7-23(14-16(22)18-15)17(24)21-8-10-25-11-9-21;2*3-2(4,5)1(6)7/h13H,2-12,14H2,1H3;2*(H,6,7). The number of piperazine rings is 1. The molecule has 0 aromatic carbocycles. The smallest absolute Gasteiger partial charge is 0.475 e. The molecule has 12 nitrogen and oxygen atoms in total. The Morgan fingerprint density at radius 2 is 1.36 bits per heavy atom. The first-order valence-corrected chi connectivity index (χ1v) is 11.8. The molecular formula is C21H30F6N6O6. The summed E-state index contributed by atoms with van der Waals surface area (Å²) in [5.41, 5.74) is 1.13. The van der Waals surface area contributed by atoms with E-state index in [1.807, 2.05) is 9.80 Å². The van der Waals surface area contributed by atoms with Gasteiger partial charge in [-0.3, -0.25) is 4.90 Å². The number of halogens is 6. The number of urea groups is 1. The van der Waals surface area contributed by atoms with Gasteiger partial charge < -0.3 is 34.2 Å². The largest absolute Gasteiger partial charge is 0.490 e. The van der Waals surface area contributed by atoms with E-state index in [1.165, 1.54) is 0 Å². The number of likely N-dealkylation sites (N-methyl/N-ethyl adjacent to an activating group) is 1. The molecule has 222 valence electrons. The molecule has 18 heteroatoms. The van der Waals surface area contributed by atoms with Crippen LogP contribution in [0.3, 0.4) is 0 Å². The van der Waals surface area contributed by atoms with Crippen LogP contribution in [0.25, 0.3) is 0 Å². The number of hydrogen-bond donors (Lipinski definition) is 2. The zero-order valence-corrected chi connectivity index (χ0v) is 21.0. The third-order valence-corrected chi connectivity index (χ3v) is 5.87. The molecule has 0 spiro atoms.